The van der Waals surface area contributed by atoms with Gasteiger partial charge in [-0.1, -0.05) is 29.5 Å². The Labute approximate surface area is 193 Å². The van der Waals surface area contributed by atoms with Gasteiger partial charge in [-0.05, 0) is 56.7 Å². The number of aryl methyl sites for hydroxylation is 4. The van der Waals surface area contributed by atoms with Crippen molar-refractivity contribution < 1.29 is 9.59 Å². The zero-order valence-electron chi connectivity index (χ0n) is 18.1. The molecule has 9 heteroatoms. The zero-order valence-corrected chi connectivity index (χ0v) is 19.7. The van der Waals surface area contributed by atoms with Crippen LogP contribution in [0.2, 0.25) is 0 Å². The van der Waals surface area contributed by atoms with E-state index in [1.54, 1.807) is 15.9 Å². The van der Waals surface area contributed by atoms with Crippen molar-refractivity contribution in [3.8, 4) is 5.69 Å². The van der Waals surface area contributed by atoms with Crippen molar-refractivity contribution in [1.82, 2.24) is 19.8 Å². The molecule has 0 radical (unpaired) electrons. The molecule has 1 saturated heterocycles. The summed E-state index contributed by atoms with van der Waals surface area (Å²) in [6.45, 7) is 4.49. The number of imide groups is 1. The van der Waals surface area contributed by atoms with Gasteiger partial charge in [-0.15, -0.1) is 11.3 Å². The molecule has 2 aliphatic rings. The van der Waals surface area contributed by atoms with Crippen LogP contribution in [0.1, 0.15) is 34.4 Å². The van der Waals surface area contributed by atoms with Crippen molar-refractivity contribution in [3.05, 3.63) is 50.1 Å². The van der Waals surface area contributed by atoms with Crippen LogP contribution in [0.15, 0.2) is 28.2 Å². The predicted molar refractivity (Wildman–Crippen MR) is 127 cm³/mol. The molecule has 3 amide bonds. The molecule has 0 bridgehead atoms. The smallest absolute Gasteiger partial charge is 0.324 e. The largest absolute Gasteiger partial charge is 0.329 e. The van der Waals surface area contributed by atoms with Crippen LogP contribution in [0.3, 0.4) is 0 Å². The normalized spacial score (nSPS) is 15.6. The van der Waals surface area contributed by atoms with Crippen LogP contribution >= 0.6 is 23.1 Å². The van der Waals surface area contributed by atoms with E-state index in [0.29, 0.717) is 23.9 Å². The Kier molecular flexibility index (Phi) is 5.54. The number of aromatic nitrogens is 2. The Bertz CT molecular complexity index is 1290. The number of rotatable bonds is 6. The van der Waals surface area contributed by atoms with Crippen LogP contribution < -0.4 is 10.9 Å². The number of thioether (sulfide) groups is 1. The average Bonchev–Trinajstić information content (AvgIpc) is 3.42. The lowest BCUT2D eigenvalue weighted by molar-refractivity contribution is -0.124. The van der Waals surface area contributed by atoms with Gasteiger partial charge in [-0.3, -0.25) is 19.1 Å². The second-order valence-corrected chi connectivity index (χ2v) is 10.4. The summed E-state index contributed by atoms with van der Waals surface area (Å²) in [5, 5.41) is 3.97. The van der Waals surface area contributed by atoms with Crippen molar-refractivity contribution in [3.63, 3.8) is 0 Å². The molecule has 0 spiro atoms. The van der Waals surface area contributed by atoms with Gasteiger partial charge in [-0.25, -0.2) is 9.78 Å². The van der Waals surface area contributed by atoms with Crippen molar-refractivity contribution in [2.75, 3.05) is 18.8 Å². The summed E-state index contributed by atoms with van der Waals surface area (Å²) in [7, 11) is 0. The SMILES string of the molecule is Cc1ccc(-n2c(SCCCN3C(=O)CNC3=O)nc3sc4c(c3c2=O)CCC4)c(C)c1. The molecule has 0 unspecified atom stereocenters. The Morgan fingerprint density at radius 3 is 2.78 bits per heavy atom. The lowest BCUT2D eigenvalue weighted by Crippen LogP contribution is -2.32. The van der Waals surface area contributed by atoms with E-state index in [-0.39, 0.29) is 24.0 Å². The third-order valence-corrected chi connectivity index (χ3v) is 8.21. The zero-order chi connectivity index (χ0) is 22.4. The second-order valence-electron chi connectivity index (χ2n) is 8.27. The third kappa shape index (κ3) is 3.63. The highest BCUT2D eigenvalue weighted by Gasteiger charge is 2.28. The molecule has 1 fully saturated rings. The molecule has 7 nitrogen and oxygen atoms in total. The minimum Gasteiger partial charge on any atom is -0.329 e. The number of amides is 3. The first-order valence-corrected chi connectivity index (χ1v) is 12.6. The molecule has 3 aromatic rings. The summed E-state index contributed by atoms with van der Waals surface area (Å²) in [4.78, 5) is 45.6. The number of carbonyl (C=O) groups excluding carboxylic acids is 2. The minimum absolute atomic E-state index is 0.00190. The van der Waals surface area contributed by atoms with E-state index in [1.807, 2.05) is 26.0 Å². The maximum Gasteiger partial charge on any atom is 0.324 e. The van der Waals surface area contributed by atoms with Crippen LogP contribution in [0, 0.1) is 13.8 Å². The lowest BCUT2D eigenvalue weighted by atomic mass is 10.1. The highest BCUT2D eigenvalue weighted by molar-refractivity contribution is 7.99. The van der Waals surface area contributed by atoms with Crippen molar-refractivity contribution in [1.29, 1.82) is 0 Å². The van der Waals surface area contributed by atoms with Gasteiger partial charge in [-0.2, -0.15) is 0 Å². The minimum atomic E-state index is -0.333. The number of nitrogens with zero attached hydrogens (tertiary/aromatic N) is 3. The van der Waals surface area contributed by atoms with E-state index in [2.05, 4.69) is 11.4 Å². The van der Waals surface area contributed by atoms with E-state index in [9.17, 15) is 14.4 Å². The fourth-order valence-electron chi connectivity index (χ4n) is 4.46. The number of hydrogen-bond acceptors (Lipinski definition) is 6. The van der Waals surface area contributed by atoms with E-state index < -0.39 is 0 Å². The Hall–Kier alpha value is -2.65. The molecule has 1 aromatic carbocycles. The number of fused-ring (bicyclic) bond motifs is 3. The van der Waals surface area contributed by atoms with E-state index in [0.717, 1.165) is 46.3 Å². The molecule has 3 heterocycles. The number of urea groups is 1. The van der Waals surface area contributed by atoms with Crippen molar-refractivity contribution >= 4 is 45.3 Å². The van der Waals surface area contributed by atoms with Crippen LogP contribution in [-0.4, -0.2) is 45.2 Å². The van der Waals surface area contributed by atoms with Gasteiger partial charge in [0.15, 0.2) is 5.16 Å². The lowest BCUT2D eigenvalue weighted by Gasteiger charge is -2.16. The maximum atomic E-state index is 13.7. The molecule has 2 aromatic heterocycles. The van der Waals surface area contributed by atoms with Crippen molar-refractivity contribution in [2.24, 2.45) is 0 Å². The van der Waals surface area contributed by atoms with Gasteiger partial charge in [0, 0.05) is 17.2 Å². The summed E-state index contributed by atoms with van der Waals surface area (Å²) in [5.41, 5.74) is 4.20. The van der Waals surface area contributed by atoms with E-state index in [4.69, 9.17) is 4.98 Å². The van der Waals surface area contributed by atoms with Gasteiger partial charge in [0.05, 0.1) is 17.6 Å². The van der Waals surface area contributed by atoms with Crippen molar-refractivity contribution in [2.45, 2.75) is 44.7 Å². The summed E-state index contributed by atoms with van der Waals surface area (Å²) in [6.07, 6.45) is 3.69. The highest BCUT2D eigenvalue weighted by atomic mass is 32.2. The summed E-state index contributed by atoms with van der Waals surface area (Å²) in [5.74, 6) is 0.449. The Balaban J connectivity index is 1.50. The first-order valence-electron chi connectivity index (χ1n) is 10.8. The van der Waals surface area contributed by atoms with E-state index in [1.165, 1.54) is 27.1 Å². The highest BCUT2D eigenvalue weighted by Crippen LogP contribution is 2.36. The Morgan fingerprint density at radius 2 is 2.03 bits per heavy atom. The monoisotopic (exact) mass is 468 g/mol. The van der Waals surface area contributed by atoms with Gasteiger partial charge < -0.3 is 5.32 Å². The number of benzene rings is 1. The molecule has 1 aliphatic heterocycles. The van der Waals surface area contributed by atoms with Gasteiger partial charge in [0.1, 0.15) is 4.83 Å². The Morgan fingerprint density at radius 1 is 1.19 bits per heavy atom. The van der Waals surface area contributed by atoms with Gasteiger partial charge in [0.25, 0.3) is 5.56 Å². The molecule has 1 N–H and O–H groups in total. The fourth-order valence-corrected chi connectivity index (χ4v) is 6.69. The number of carbonyl (C=O) groups is 2. The quantitative estimate of drug-likeness (QED) is 0.259. The number of hydrogen-bond donors (Lipinski definition) is 1. The number of nitrogens with one attached hydrogen (secondary N) is 1. The van der Waals surface area contributed by atoms with E-state index >= 15 is 0 Å². The molecule has 166 valence electrons. The van der Waals surface area contributed by atoms with Gasteiger partial charge in [0.2, 0.25) is 5.91 Å². The first kappa shape index (κ1) is 21.2. The third-order valence-electron chi connectivity index (χ3n) is 6.00. The van der Waals surface area contributed by atoms with Crippen LogP contribution in [0.4, 0.5) is 4.79 Å². The fraction of sp³-hybridized carbons (Fsp3) is 0.391. The molecule has 5 rings (SSSR count). The maximum absolute atomic E-state index is 13.7. The average molecular weight is 469 g/mol. The summed E-state index contributed by atoms with van der Waals surface area (Å²) in [6, 6.07) is 5.75. The topological polar surface area (TPSA) is 84.3 Å². The van der Waals surface area contributed by atoms with Crippen LogP contribution in [-0.2, 0) is 17.6 Å². The molecule has 0 atom stereocenters. The first-order chi connectivity index (χ1) is 15.4. The molecular formula is C23H24N4O3S2. The molecule has 1 aliphatic carbocycles. The van der Waals surface area contributed by atoms with Crippen LogP contribution in [0.5, 0.6) is 0 Å². The molecule has 32 heavy (non-hydrogen) atoms. The standard InChI is InChI=1S/C23H24N4O3S2/c1-13-7-8-16(14(2)11-13)27-21(29)19-15-5-3-6-17(15)32-20(19)25-23(27)31-10-4-9-26-18(28)12-24-22(26)30/h7-8,11H,3-6,9-10,12H2,1-2H3,(H,24,30). The number of thiophene rings is 1. The molecule has 0 saturated carbocycles. The predicted octanol–water partition coefficient (Wildman–Crippen LogP) is 3.59. The molecular weight excluding hydrogens is 444 g/mol. The van der Waals surface area contributed by atoms with Gasteiger partial charge >= 0.3 is 6.03 Å². The summed E-state index contributed by atoms with van der Waals surface area (Å²) >= 11 is 3.14. The second kappa shape index (κ2) is 8.37. The van der Waals surface area contributed by atoms with Crippen LogP contribution in [0.25, 0.3) is 15.9 Å². The summed E-state index contributed by atoms with van der Waals surface area (Å²) < 4.78 is 1.75.